The Hall–Kier alpha value is -1.29. The van der Waals surface area contributed by atoms with E-state index in [2.05, 4.69) is 0 Å². The molecule has 1 aliphatic carbocycles. The van der Waals surface area contributed by atoms with Gasteiger partial charge in [-0.1, -0.05) is 18.0 Å². The van der Waals surface area contributed by atoms with Crippen LogP contribution in [-0.4, -0.2) is 11.0 Å². The number of non-ortho nitro benzene ring substituents is 1. The maximum absolute atomic E-state index is 10.7. The van der Waals surface area contributed by atoms with E-state index in [1.807, 2.05) is 0 Å². The summed E-state index contributed by atoms with van der Waals surface area (Å²) < 4.78 is 5.74. The average molecular weight is 256 g/mol. The number of hydrogen-bond acceptors (Lipinski definition) is 3. The molecule has 0 aromatic heterocycles. The van der Waals surface area contributed by atoms with Gasteiger partial charge in [-0.05, 0) is 31.7 Å². The molecule has 0 bridgehead atoms. The summed E-state index contributed by atoms with van der Waals surface area (Å²) in [6.45, 7) is 0. The average Bonchev–Trinajstić information content (AvgIpc) is 2.29. The molecule has 1 aromatic carbocycles. The molecular weight excluding hydrogens is 242 g/mol. The van der Waals surface area contributed by atoms with Gasteiger partial charge >= 0.3 is 0 Å². The minimum atomic E-state index is -0.459. The fraction of sp³-hybridized carbons (Fsp3) is 0.500. The lowest BCUT2D eigenvalue weighted by Gasteiger charge is -2.22. The summed E-state index contributed by atoms with van der Waals surface area (Å²) in [5, 5.41) is 11.0. The number of nitro benzene ring substituents is 1. The van der Waals surface area contributed by atoms with Crippen molar-refractivity contribution in [3.05, 3.63) is 33.3 Å². The monoisotopic (exact) mass is 255 g/mol. The van der Waals surface area contributed by atoms with Gasteiger partial charge in [-0.2, -0.15) is 0 Å². The van der Waals surface area contributed by atoms with Crippen LogP contribution in [0.15, 0.2) is 18.2 Å². The zero-order chi connectivity index (χ0) is 12.3. The van der Waals surface area contributed by atoms with E-state index < -0.39 is 4.92 Å². The van der Waals surface area contributed by atoms with Gasteiger partial charge in [0.2, 0.25) is 0 Å². The molecule has 1 aliphatic rings. The Labute approximate surface area is 105 Å². The van der Waals surface area contributed by atoms with Crippen LogP contribution < -0.4 is 4.74 Å². The first kappa shape index (κ1) is 12.2. The molecule has 0 unspecified atom stereocenters. The quantitative estimate of drug-likeness (QED) is 0.607. The van der Waals surface area contributed by atoms with Crippen molar-refractivity contribution in [1.82, 2.24) is 0 Å². The second-order valence-corrected chi connectivity index (χ2v) is 4.72. The molecule has 0 radical (unpaired) electrons. The van der Waals surface area contributed by atoms with Crippen LogP contribution in [0.3, 0.4) is 0 Å². The van der Waals surface area contributed by atoms with E-state index in [0.29, 0.717) is 10.8 Å². The Kier molecular flexibility index (Phi) is 3.84. The number of nitrogens with zero attached hydrogens (tertiary/aromatic N) is 1. The molecule has 5 heteroatoms. The highest BCUT2D eigenvalue weighted by Gasteiger charge is 2.17. The maximum Gasteiger partial charge on any atom is 0.274 e. The van der Waals surface area contributed by atoms with Crippen LogP contribution in [0.5, 0.6) is 5.75 Å². The van der Waals surface area contributed by atoms with Gasteiger partial charge in [-0.15, -0.1) is 0 Å². The second kappa shape index (κ2) is 5.36. The number of ether oxygens (including phenoxy) is 1. The zero-order valence-electron chi connectivity index (χ0n) is 9.39. The smallest absolute Gasteiger partial charge is 0.274 e. The van der Waals surface area contributed by atoms with Crippen molar-refractivity contribution in [1.29, 1.82) is 0 Å². The van der Waals surface area contributed by atoms with E-state index in [4.69, 9.17) is 16.3 Å². The first-order chi connectivity index (χ1) is 8.15. The lowest BCUT2D eigenvalue weighted by atomic mass is 9.98. The van der Waals surface area contributed by atoms with Crippen LogP contribution in [0.2, 0.25) is 5.02 Å². The Morgan fingerprint density at radius 3 is 2.59 bits per heavy atom. The van der Waals surface area contributed by atoms with E-state index in [1.165, 1.54) is 18.6 Å². The number of nitro groups is 1. The predicted molar refractivity (Wildman–Crippen MR) is 65.6 cm³/mol. The molecule has 1 aromatic rings. The molecule has 1 fully saturated rings. The third kappa shape index (κ3) is 3.33. The van der Waals surface area contributed by atoms with Gasteiger partial charge < -0.3 is 4.74 Å². The van der Waals surface area contributed by atoms with Crippen molar-refractivity contribution in [3.63, 3.8) is 0 Å². The largest absolute Gasteiger partial charge is 0.490 e. The highest BCUT2D eigenvalue weighted by Crippen LogP contribution is 2.29. The van der Waals surface area contributed by atoms with Crippen LogP contribution in [0.25, 0.3) is 0 Å². The van der Waals surface area contributed by atoms with E-state index in [-0.39, 0.29) is 11.8 Å². The molecule has 0 N–H and O–H groups in total. The molecular formula is C12H14ClNO3. The molecule has 4 nitrogen and oxygen atoms in total. The van der Waals surface area contributed by atoms with E-state index in [1.54, 1.807) is 6.07 Å². The summed E-state index contributed by atoms with van der Waals surface area (Å²) in [5.74, 6) is 0.496. The second-order valence-electron chi connectivity index (χ2n) is 4.28. The molecule has 0 atom stereocenters. The zero-order valence-corrected chi connectivity index (χ0v) is 10.2. The molecule has 17 heavy (non-hydrogen) atoms. The fourth-order valence-electron chi connectivity index (χ4n) is 2.10. The van der Waals surface area contributed by atoms with Crippen molar-refractivity contribution >= 4 is 17.3 Å². The normalized spacial score (nSPS) is 16.8. The Morgan fingerprint density at radius 1 is 1.24 bits per heavy atom. The summed E-state index contributed by atoms with van der Waals surface area (Å²) >= 11 is 5.83. The summed E-state index contributed by atoms with van der Waals surface area (Å²) in [4.78, 5) is 10.2. The number of rotatable bonds is 3. The van der Waals surface area contributed by atoms with E-state index in [0.717, 1.165) is 25.7 Å². The number of hydrogen-bond donors (Lipinski definition) is 0. The third-order valence-corrected chi connectivity index (χ3v) is 3.14. The Bertz CT molecular complexity index is 416. The van der Waals surface area contributed by atoms with E-state index in [9.17, 15) is 10.1 Å². The lowest BCUT2D eigenvalue weighted by Crippen LogP contribution is -2.19. The maximum atomic E-state index is 10.7. The van der Waals surface area contributed by atoms with Gasteiger partial charge in [0.05, 0.1) is 22.1 Å². The highest BCUT2D eigenvalue weighted by molar-refractivity contribution is 6.30. The molecule has 1 saturated carbocycles. The minimum absolute atomic E-state index is 0.0247. The number of halogens is 1. The standard InChI is InChI=1S/C12H14ClNO3/c13-9-6-10(14(15)16)8-12(7-9)17-11-4-2-1-3-5-11/h6-8,11H,1-5H2. The Balaban J connectivity index is 2.11. The molecule has 0 aliphatic heterocycles. The van der Waals surface area contributed by atoms with Crippen LogP contribution in [0.1, 0.15) is 32.1 Å². The predicted octanol–water partition coefficient (Wildman–Crippen LogP) is 3.96. The molecule has 0 saturated heterocycles. The molecule has 2 rings (SSSR count). The van der Waals surface area contributed by atoms with Crippen LogP contribution in [0.4, 0.5) is 5.69 Å². The first-order valence-corrected chi connectivity index (χ1v) is 6.14. The van der Waals surface area contributed by atoms with Crippen LogP contribution in [-0.2, 0) is 0 Å². The SMILES string of the molecule is O=[N+]([O-])c1cc(Cl)cc(OC2CCCCC2)c1. The fourth-order valence-corrected chi connectivity index (χ4v) is 2.32. The van der Waals surface area contributed by atoms with Crippen molar-refractivity contribution in [2.24, 2.45) is 0 Å². The van der Waals surface area contributed by atoms with Crippen molar-refractivity contribution < 1.29 is 9.66 Å². The van der Waals surface area contributed by atoms with Gasteiger partial charge in [0.25, 0.3) is 5.69 Å². The summed E-state index contributed by atoms with van der Waals surface area (Å²) in [6, 6.07) is 4.39. The summed E-state index contributed by atoms with van der Waals surface area (Å²) in [5.41, 5.74) is -0.0247. The lowest BCUT2D eigenvalue weighted by molar-refractivity contribution is -0.384. The third-order valence-electron chi connectivity index (χ3n) is 2.92. The van der Waals surface area contributed by atoms with Crippen LogP contribution in [0, 0.1) is 10.1 Å². The van der Waals surface area contributed by atoms with Crippen LogP contribution >= 0.6 is 11.6 Å². The van der Waals surface area contributed by atoms with Crippen molar-refractivity contribution in [3.8, 4) is 5.75 Å². The van der Waals surface area contributed by atoms with Gasteiger partial charge in [0.1, 0.15) is 5.75 Å². The molecule has 0 heterocycles. The van der Waals surface area contributed by atoms with E-state index >= 15 is 0 Å². The molecule has 0 spiro atoms. The number of benzene rings is 1. The van der Waals surface area contributed by atoms with Crippen molar-refractivity contribution in [2.75, 3.05) is 0 Å². The van der Waals surface area contributed by atoms with Crippen molar-refractivity contribution in [2.45, 2.75) is 38.2 Å². The molecule has 92 valence electrons. The first-order valence-electron chi connectivity index (χ1n) is 5.77. The van der Waals surface area contributed by atoms with Gasteiger partial charge in [-0.3, -0.25) is 10.1 Å². The molecule has 0 amide bonds. The van der Waals surface area contributed by atoms with Gasteiger partial charge in [0, 0.05) is 6.07 Å². The summed E-state index contributed by atoms with van der Waals surface area (Å²) in [6.07, 6.45) is 5.76. The van der Waals surface area contributed by atoms with Gasteiger partial charge in [-0.25, -0.2) is 0 Å². The van der Waals surface area contributed by atoms with Gasteiger partial charge in [0.15, 0.2) is 0 Å². The Morgan fingerprint density at radius 2 is 1.94 bits per heavy atom. The minimum Gasteiger partial charge on any atom is -0.490 e. The highest BCUT2D eigenvalue weighted by atomic mass is 35.5. The summed E-state index contributed by atoms with van der Waals surface area (Å²) in [7, 11) is 0. The topological polar surface area (TPSA) is 52.4 Å².